The Hall–Kier alpha value is -3.37. The van der Waals surface area contributed by atoms with Gasteiger partial charge in [-0.2, -0.15) is 0 Å². The quantitative estimate of drug-likeness (QED) is 0.414. The molecule has 0 saturated carbocycles. The Labute approximate surface area is 176 Å². The van der Waals surface area contributed by atoms with Gasteiger partial charge in [-0.05, 0) is 55.7 Å². The number of hydrogen-bond donors (Lipinski definition) is 2. The fourth-order valence-electron chi connectivity index (χ4n) is 3.59. The van der Waals surface area contributed by atoms with Crippen LogP contribution in [0.4, 0.5) is 5.69 Å². The highest BCUT2D eigenvalue weighted by molar-refractivity contribution is 5.96. The van der Waals surface area contributed by atoms with Crippen molar-refractivity contribution in [1.29, 1.82) is 0 Å². The van der Waals surface area contributed by atoms with E-state index >= 15 is 0 Å². The molecule has 0 bridgehead atoms. The molecule has 0 unspecified atom stereocenters. The lowest BCUT2D eigenvalue weighted by Gasteiger charge is -2.23. The molecule has 4 heteroatoms. The van der Waals surface area contributed by atoms with E-state index < -0.39 is 6.04 Å². The number of aryl methyl sites for hydroxylation is 2. The van der Waals surface area contributed by atoms with E-state index in [0.29, 0.717) is 0 Å². The average molecular weight is 399 g/mol. The van der Waals surface area contributed by atoms with E-state index in [1.54, 1.807) is 0 Å². The van der Waals surface area contributed by atoms with Gasteiger partial charge in [0.2, 0.25) is 5.91 Å². The Morgan fingerprint density at radius 1 is 0.900 bits per heavy atom. The largest absolute Gasteiger partial charge is 0.459 e. The van der Waals surface area contributed by atoms with Crippen LogP contribution in [0.15, 0.2) is 83.3 Å². The third kappa shape index (κ3) is 4.29. The van der Waals surface area contributed by atoms with Gasteiger partial charge in [-0.25, -0.2) is 0 Å². The zero-order chi connectivity index (χ0) is 21.1. The third-order valence-corrected chi connectivity index (χ3v) is 5.33. The number of nitrogens with one attached hydrogen (secondary N) is 2. The number of fused-ring (bicyclic) bond motifs is 1. The van der Waals surface area contributed by atoms with Gasteiger partial charge in [-0.1, -0.05) is 60.7 Å². The summed E-state index contributed by atoms with van der Waals surface area (Å²) in [7, 11) is 0. The van der Waals surface area contributed by atoms with E-state index in [9.17, 15) is 4.79 Å². The number of carbonyl (C=O) groups excluding carboxylic acids is 1. The molecule has 2 N–H and O–H groups in total. The SMILES string of the molecule is Cc1ccc(C)c(NC(=O)[C@H](N[C@@H](C)c2cc3ccccc3o2)c2ccccc2)c1. The molecule has 4 nitrogen and oxygen atoms in total. The molecule has 152 valence electrons. The van der Waals surface area contributed by atoms with Crippen molar-refractivity contribution >= 4 is 22.6 Å². The number of para-hydroxylation sites is 1. The van der Waals surface area contributed by atoms with Crippen LogP contribution in [0.3, 0.4) is 0 Å². The van der Waals surface area contributed by atoms with E-state index in [1.807, 2.05) is 99.6 Å². The normalized spacial score (nSPS) is 13.2. The fraction of sp³-hybridized carbons (Fsp3) is 0.192. The molecule has 0 spiro atoms. The maximum atomic E-state index is 13.3. The van der Waals surface area contributed by atoms with Crippen LogP contribution in [0.1, 0.15) is 41.5 Å². The molecule has 0 aliphatic heterocycles. The number of furan rings is 1. The second kappa shape index (κ2) is 8.56. The second-order valence-electron chi connectivity index (χ2n) is 7.73. The highest BCUT2D eigenvalue weighted by Crippen LogP contribution is 2.27. The van der Waals surface area contributed by atoms with Crippen molar-refractivity contribution in [2.24, 2.45) is 0 Å². The minimum atomic E-state index is -0.519. The van der Waals surface area contributed by atoms with Crippen LogP contribution in [0.5, 0.6) is 0 Å². The van der Waals surface area contributed by atoms with E-state index in [1.165, 1.54) is 0 Å². The molecule has 0 fully saturated rings. The standard InChI is InChI=1S/C26H26N2O2/c1-17-13-14-18(2)22(15-17)28-26(29)25(20-9-5-4-6-10-20)27-19(3)24-16-21-11-7-8-12-23(21)30-24/h4-16,19,25,27H,1-3H3,(H,28,29)/t19-,25+/m0/s1. The molecular formula is C26H26N2O2. The molecule has 1 aromatic heterocycles. The lowest BCUT2D eigenvalue weighted by Crippen LogP contribution is -2.34. The molecule has 0 aliphatic rings. The van der Waals surface area contributed by atoms with Gasteiger partial charge in [0.05, 0.1) is 6.04 Å². The van der Waals surface area contributed by atoms with Crippen LogP contribution in [-0.4, -0.2) is 5.91 Å². The fourth-order valence-corrected chi connectivity index (χ4v) is 3.59. The molecule has 0 radical (unpaired) electrons. The topological polar surface area (TPSA) is 54.3 Å². The summed E-state index contributed by atoms with van der Waals surface area (Å²) in [5, 5.41) is 7.61. The summed E-state index contributed by atoms with van der Waals surface area (Å²) in [4.78, 5) is 13.3. The summed E-state index contributed by atoms with van der Waals surface area (Å²) >= 11 is 0. The van der Waals surface area contributed by atoms with Gasteiger partial charge in [0.15, 0.2) is 0 Å². The van der Waals surface area contributed by atoms with Crippen molar-refractivity contribution in [2.45, 2.75) is 32.9 Å². The van der Waals surface area contributed by atoms with E-state index in [0.717, 1.165) is 39.1 Å². The Balaban J connectivity index is 1.61. The predicted molar refractivity (Wildman–Crippen MR) is 121 cm³/mol. The Morgan fingerprint density at radius 3 is 2.40 bits per heavy atom. The summed E-state index contributed by atoms with van der Waals surface area (Å²) in [6.07, 6.45) is 0. The lowest BCUT2D eigenvalue weighted by molar-refractivity contribution is -0.118. The van der Waals surface area contributed by atoms with Crippen LogP contribution >= 0.6 is 0 Å². The Bertz CT molecular complexity index is 1130. The lowest BCUT2D eigenvalue weighted by atomic mass is 10.0. The molecule has 30 heavy (non-hydrogen) atoms. The van der Waals surface area contributed by atoms with Crippen molar-refractivity contribution < 1.29 is 9.21 Å². The van der Waals surface area contributed by atoms with Gasteiger partial charge in [0, 0.05) is 11.1 Å². The zero-order valence-corrected chi connectivity index (χ0v) is 17.5. The van der Waals surface area contributed by atoms with Crippen LogP contribution < -0.4 is 10.6 Å². The first-order chi connectivity index (χ1) is 14.5. The second-order valence-corrected chi connectivity index (χ2v) is 7.73. The predicted octanol–water partition coefficient (Wildman–Crippen LogP) is 6.08. The van der Waals surface area contributed by atoms with E-state index in [-0.39, 0.29) is 11.9 Å². The van der Waals surface area contributed by atoms with E-state index in [4.69, 9.17) is 4.42 Å². The molecule has 4 rings (SSSR count). The summed E-state index contributed by atoms with van der Waals surface area (Å²) < 4.78 is 6.01. The number of rotatable bonds is 6. The number of benzene rings is 3. The molecule has 0 saturated heterocycles. The summed E-state index contributed by atoms with van der Waals surface area (Å²) in [6.45, 7) is 6.03. The van der Waals surface area contributed by atoms with Gasteiger partial charge >= 0.3 is 0 Å². The van der Waals surface area contributed by atoms with Gasteiger partial charge in [-0.3, -0.25) is 10.1 Å². The minimum absolute atomic E-state index is 0.0992. The summed E-state index contributed by atoms with van der Waals surface area (Å²) in [5.74, 6) is 0.703. The Morgan fingerprint density at radius 2 is 1.63 bits per heavy atom. The molecule has 2 atom stereocenters. The van der Waals surface area contributed by atoms with Crippen molar-refractivity contribution in [3.8, 4) is 0 Å². The smallest absolute Gasteiger partial charge is 0.246 e. The first kappa shape index (κ1) is 19.9. The minimum Gasteiger partial charge on any atom is -0.459 e. The number of carbonyl (C=O) groups is 1. The molecule has 1 amide bonds. The molecule has 1 heterocycles. The summed E-state index contributed by atoms with van der Waals surface area (Å²) in [5.41, 5.74) is 4.72. The molecular weight excluding hydrogens is 372 g/mol. The highest BCUT2D eigenvalue weighted by atomic mass is 16.3. The zero-order valence-electron chi connectivity index (χ0n) is 17.5. The van der Waals surface area contributed by atoms with Crippen LogP contribution in [0.25, 0.3) is 11.0 Å². The molecule has 0 aliphatic carbocycles. The van der Waals surface area contributed by atoms with Crippen molar-refractivity contribution in [2.75, 3.05) is 5.32 Å². The van der Waals surface area contributed by atoms with Crippen LogP contribution in [0.2, 0.25) is 0 Å². The van der Waals surface area contributed by atoms with Gasteiger partial charge in [0.25, 0.3) is 0 Å². The van der Waals surface area contributed by atoms with Crippen molar-refractivity contribution in [3.05, 3.63) is 101 Å². The monoisotopic (exact) mass is 398 g/mol. The van der Waals surface area contributed by atoms with Crippen molar-refractivity contribution in [1.82, 2.24) is 5.32 Å². The number of hydrogen-bond acceptors (Lipinski definition) is 3. The average Bonchev–Trinajstić information content (AvgIpc) is 3.19. The number of anilines is 1. The molecule has 3 aromatic carbocycles. The first-order valence-corrected chi connectivity index (χ1v) is 10.2. The summed E-state index contributed by atoms with van der Waals surface area (Å²) in [6, 6.07) is 25.1. The van der Waals surface area contributed by atoms with Gasteiger partial charge in [0.1, 0.15) is 17.4 Å². The number of amides is 1. The molecule has 4 aromatic rings. The maximum Gasteiger partial charge on any atom is 0.246 e. The van der Waals surface area contributed by atoms with E-state index in [2.05, 4.69) is 10.6 Å². The van der Waals surface area contributed by atoms with Crippen LogP contribution in [-0.2, 0) is 4.79 Å². The third-order valence-electron chi connectivity index (χ3n) is 5.33. The highest BCUT2D eigenvalue weighted by Gasteiger charge is 2.25. The first-order valence-electron chi connectivity index (χ1n) is 10.2. The Kier molecular flexibility index (Phi) is 5.68. The van der Waals surface area contributed by atoms with Gasteiger partial charge < -0.3 is 9.73 Å². The van der Waals surface area contributed by atoms with Crippen molar-refractivity contribution in [3.63, 3.8) is 0 Å². The van der Waals surface area contributed by atoms with Crippen LogP contribution in [0, 0.1) is 13.8 Å². The van der Waals surface area contributed by atoms with Gasteiger partial charge in [-0.15, -0.1) is 0 Å². The maximum absolute atomic E-state index is 13.3.